The van der Waals surface area contributed by atoms with E-state index in [1.165, 1.54) is 0 Å². The highest BCUT2D eigenvalue weighted by Crippen LogP contribution is 2.23. The first-order valence-corrected chi connectivity index (χ1v) is 7.59. The fourth-order valence-corrected chi connectivity index (χ4v) is 2.63. The van der Waals surface area contributed by atoms with Crippen molar-refractivity contribution in [3.63, 3.8) is 0 Å². The van der Waals surface area contributed by atoms with Gasteiger partial charge in [0, 0.05) is 6.04 Å². The Morgan fingerprint density at radius 3 is 2.19 bits per heavy atom. The SMILES string of the molecule is CC(NCC(C(C)C)C(C)C)c1cccc(OC(F)F)c1. The van der Waals surface area contributed by atoms with Crippen molar-refractivity contribution in [2.45, 2.75) is 47.3 Å². The van der Waals surface area contributed by atoms with Gasteiger partial charge in [-0.15, -0.1) is 0 Å². The average molecular weight is 299 g/mol. The van der Waals surface area contributed by atoms with Crippen LogP contribution in [0.3, 0.4) is 0 Å². The van der Waals surface area contributed by atoms with Gasteiger partial charge in [-0.1, -0.05) is 39.8 Å². The molecule has 0 radical (unpaired) electrons. The van der Waals surface area contributed by atoms with Crippen LogP contribution >= 0.6 is 0 Å². The molecule has 2 nitrogen and oxygen atoms in total. The number of alkyl halides is 2. The lowest BCUT2D eigenvalue weighted by Crippen LogP contribution is -2.31. The molecule has 21 heavy (non-hydrogen) atoms. The molecule has 0 fully saturated rings. The van der Waals surface area contributed by atoms with Crippen LogP contribution in [0.25, 0.3) is 0 Å². The van der Waals surface area contributed by atoms with Crippen LogP contribution in [0.5, 0.6) is 5.75 Å². The standard InChI is InChI=1S/C17H27F2NO/c1-11(2)16(12(3)4)10-20-13(5)14-7-6-8-15(9-14)21-17(18)19/h6-9,11-13,16-17,20H,10H2,1-5H3. The molecule has 0 saturated heterocycles. The smallest absolute Gasteiger partial charge is 0.387 e. The van der Waals surface area contributed by atoms with Gasteiger partial charge in [0.25, 0.3) is 0 Å². The minimum absolute atomic E-state index is 0.103. The number of rotatable bonds is 8. The highest BCUT2D eigenvalue weighted by atomic mass is 19.3. The summed E-state index contributed by atoms with van der Waals surface area (Å²) < 4.78 is 28.9. The van der Waals surface area contributed by atoms with E-state index in [1.54, 1.807) is 18.2 Å². The molecule has 0 aliphatic heterocycles. The Labute approximate surface area is 126 Å². The lowest BCUT2D eigenvalue weighted by atomic mass is 9.85. The summed E-state index contributed by atoms with van der Waals surface area (Å²) >= 11 is 0. The van der Waals surface area contributed by atoms with Crippen LogP contribution in [-0.4, -0.2) is 13.2 Å². The van der Waals surface area contributed by atoms with E-state index in [1.807, 2.05) is 13.0 Å². The van der Waals surface area contributed by atoms with Gasteiger partial charge < -0.3 is 10.1 Å². The monoisotopic (exact) mass is 299 g/mol. The van der Waals surface area contributed by atoms with Crippen molar-refractivity contribution in [3.05, 3.63) is 29.8 Å². The third-order valence-electron chi connectivity index (χ3n) is 3.96. The van der Waals surface area contributed by atoms with Gasteiger partial charge in [0.05, 0.1) is 0 Å². The lowest BCUT2D eigenvalue weighted by Gasteiger charge is -2.27. The maximum absolute atomic E-state index is 12.2. The van der Waals surface area contributed by atoms with Crippen LogP contribution in [0.4, 0.5) is 8.78 Å². The molecular formula is C17H27F2NO. The summed E-state index contributed by atoms with van der Waals surface area (Å²) in [5.74, 6) is 2.02. The molecule has 0 aliphatic rings. The van der Waals surface area contributed by atoms with E-state index in [-0.39, 0.29) is 11.8 Å². The Balaban J connectivity index is 2.64. The maximum Gasteiger partial charge on any atom is 0.387 e. The van der Waals surface area contributed by atoms with E-state index < -0.39 is 6.61 Å². The van der Waals surface area contributed by atoms with Crippen molar-refractivity contribution in [3.8, 4) is 5.75 Å². The maximum atomic E-state index is 12.2. The molecule has 0 aromatic heterocycles. The summed E-state index contributed by atoms with van der Waals surface area (Å²) in [6.07, 6.45) is 0. The first-order chi connectivity index (χ1) is 9.81. The van der Waals surface area contributed by atoms with Crippen molar-refractivity contribution >= 4 is 0 Å². The summed E-state index contributed by atoms with van der Waals surface area (Å²) in [7, 11) is 0. The van der Waals surface area contributed by atoms with Gasteiger partial charge >= 0.3 is 6.61 Å². The Kier molecular flexibility index (Phi) is 7.09. The predicted octanol–water partition coefficient (Wildman–Crippen LogP) is 4.87. The molecule has 1 unspecified atom stereocenters. The number of ether oxygens (including phenoxy) is 1. The van der Waals surface area contributed by atoms with E-state index in [4.69, 9.17) is 0 Å². The molecule has 1 rings (SSSR count). The molecule has 0 bridgehead atoms. The number of nitrogens with one attached hydrogen (secondary N) is 1. The van der Waals surface area contributed by atoms with Gasteiger partial charge in [0.2, 0.25) is 0 Å². The Hall–Kier alpha value is -1.16. The van der Waals surface area contributed by atoms with E-state index in [9.17, 15) is 8.78 Å². The molecule has 1 aromatic carbocycles. The molecular weight excluding hydrogens is 272 g/mol. The van der Waals surface area contributed by atoms with Crippen LogP contribution < -0.4 is 10.1 Å². The minimum Gasteiger partial charge on any atom is -0.435 e. The first-order valence-electron chi connectivity index (χ1n) is 7.59. The molecule has 0 spiro atoms. The van der Waals surface area contributed by atoms with Crippen LogP contribution in [0.1, 0.15) is 46.2 Å². The van der Waals surface area contributed by atoms with Gasteiger partial charge in [0.15, 0.2) is 0 Å². The summed E-state index contributed by atoms with van der Waals surface area (Å²) in [4.78, 5) is 0. The zero-order valence-corrected chi connectivity index (χ0v) is 13.6. The normalized spacial score (nSPS) is 13.5. The largest absolute Gasteiger partial charge is 0.435 e. The number of hydrogen-bond acceptors (Lipinski definition) is 2. The lowest BCUT2D eigenvalue weighted by molar-refractivity contribution is -0.0499. The highest BCUT2D eigenvalue weighted by molar-refractivity contribution is 5.30. The summed E-state index contributed by atoms with van der Waals surface area (Å²) in [5.41, 5.74) is 0.958. The third-order valence-corrected chi connectivity index (χ3v) is 3.96. The second-order valence-corrected chi connectivity index (χ2v) is 6.23. The van der Waals surface area contributed by atoms with Crippen molar-refractivity contribution in [2.24, 2.45) is 17.8 Å². The topological polar surface area (TPSA) is 21.3 Å². The fourth-order valence-electron chi connectivity index (χ4n) is 2.63. The zero-order chi connectivity index (χ0) is 16.0. The molecule has 1 aromatic rings. The van der Waals surface area contributed by atoms with Gasteiger partial charge in [-0.05, 0) is 48.9 Å². The van der Waals surface area contributed by atoms with Gasteiger partial charge in [-0.3, -0.25) is 0 Å². The first kappa shape index (κ1) is 17.9. The van der Waals surface area contributed by atoms with Gasteiger partial charge in [-0.2, -0.15) is 8.78 Å². The molecule has 0 saturated carbocycles. The molecule has 4 heteroatoms. The van der Waals surface area contributed by atoms with Gasteiger partial charge in [-0.25, -0.2) is 0 Å². The quantitative estimate of drug-likeness (QED) is 0.739. The number of halogens is 2. The third kappa shape index (κ3) is 6.00. The van der Waals surface area contributed by atoms with Crippen LogP contribution in [0.2, 0.25) is 0 Å². The Morgan fingerprint density at radius 2 is 1.67 bits per heavy atom. The fraction of sp³-hybridized carbons (Fsp3) is 0.647. The van der Waals surface area contributed by atoms with Crippen LogP contribution in [0, 0.1) is 17.8 Å². The zero-order valence-electron chi connectivity index (χ0n) is 13.6. The van der Waals surface area contributed by atoms with Crippen LogP contribution in [0.15, 0.2) is 24.3 Å². The van der Waals surface area contributed by atoms with Crippen molar-refractivity contribution in [2.75, 3.05) is 6.54 Å². The molecule has 120 valence electrons. The van der Waals surface area contributed by atoms with Crippen molar-refractivity contribution in [1.29, 1.82) is 0 Å². The molecule has 0 heterocycles. The number of hydrogen-bond donors (Lipinski definition) is 1. The Morgan fingerprint density at radius 1 is 1.05 bits per heavy atom. The molecule has 0 amide bonds. The average Bonchev–Trinajstić information content (AvgIpc) is 2.37. The van der Waals surface area contributed by atoms with Crippen molar-refractivity contribution in [1.82, 2.24) is 5.32 Å². The summed E-state index contributed by atoms with van der Waals surface area (Å²) in [6.45, 7) is 9.09. The van der Waals surface area contributed by atoms with Gasteiger partial charge in [0.1, 0.15) is 5.75 Å². The summed E-state index contributed by atoms with van der Waals surface area (Å²) in [5, 5.41) is 3.50. The summed E-state index contributed by atoms with van der Waals surface area (Å²) in [6, 6.07) is 6.99. The van der Waals surface area contributed by atoms with E-state index in [2.05, 4.69) is 37.7 Å². The van der Waals surface area contributed by atoms with E-state index in [0.29, 0.717) is 17.8 Å². The second kappa shape index (κ2) is 8.32. The second-order valence-electron chi connectivity index (χ2n) is 6.23. The van der Waals surface area contributed by atoms with E-state index in [0.717, 1.165) is 12.1 Å². The minimum atomic E-state index is -2.78. The Bertz CT molecular complexity index is 413. The molecule has 1 N–H and O–H groups in total. The van der Waals surface area contributed by atoms with Crippen molar-refractivity contribution < 1.29 is 13.5 Å². The highest BCUT2D eigenvalue weighted by Gasteiger charge is 2.18. The van der Waals surface area contributed by atoms with Crippen LogP contribution in [-0.2, 0) is 0 Å². The predicted molar refractivity (Wildman–Crippen MR) is 82.7 cm³/mol. The van der Waals surface area contributed by atoms with E-state index >= 15 is 0 Å². The molecule has 1 atom stereocenters. The number of benzene rings is 1. The molecule has 0 aliphatic carbocycles.